The molecule has 7 nitrogen and oxygen atoms in total. The number of hydrogen-bond acceptors (Lipinski definition) is 7. The number of nitrogens with zero attached hydrogens (tertiary/aromatic N) is 2. The number of nitrogens with one attached hydrogen (secondary N) is 1. The highest BCUT2D eigenvalue weighted by molar-refractivity contribution is 7.13. The first kappa shape index (κ1) is 19.1. The number of aromatic nitrogens is 1. The van der Waals surface area contributed by atoms with E-state index in [1.807, 2.05) is 6.07 Å². The van der Waals surface area contributed by atoms with E-state index in [9.17, 15) is 14.9 Å². The second-order valence-electron chi connectivity index (χ2n) is 5.46. The van der Waals surface area contributed by atoms with Crippen molar-refractivity contribution in [2.24, 2.45) is 0 Å². The Labute approximate surface area is 164 Å². The Bertz CT molecular complexity index is 1040. The van der Waals surface area contributed by atoms with E-state index in [0.717, 1.165) is 5.56 Å². The third kappa shape index (κ3) is 4.52. The Morgan fingerprint density at radius 2 is 2.07 bits per heavy atom. The van der Waals surface area contributed by atoms with Crippen LogP contribution in [0.5, 0.6) is 0 Å². The first-order valence-corrected chi connectivity index (χ1v) is 9.18. The Hall–Kier alpha value is -3.70. The number of ether oxygens (including phenoxy) is 1. The number of thiazole rings is 1. The van der Waals surface area contributed by atoms with Crippen LogP contribution in [0.2, 0.25) is 0 Å². The van der Waals surface area contributed by atoms with E-state index in [1.54, 1.807) is 54.9 Å². The van der Waals surface area contributed by atoms with Crippen molar-refractivity contribution in [3.8, 4) is 17.4 Å². The molecule has 0 unspecified atom stereocenters. The first-order valence-electron chi connectivity index (χ1n) is 8.30. The molecule has 0 saturated carbocycles. The summed E-state index contributed by atoms with van der Waals surface area (Å²) in [7, 11) is 0. The normalized spacial score (nSPS) is 10.9. The summed E-state index contributed by atoms with van der Waals surface area (Å²) in [6.45, 7) is 2.06. The van der Waals surface area contributed by atoms with Crippen LogP contribution in [0.25, 0.3) is 17.4 Å². The third-order valence-corrected chi connectivity index (χ3v) is 4.30. The quantitative estimate of drug-likeness (QED) is 0.384. The van der Waals surface area contributed by atoms with Gasteiger partial charge >= 0.3 is 5.97 Å². The lowest BCUT2D eigenvalue weighted by molar-refractivity contribution is -0.112. The molecule has 0 spiro atoms. The maximum Gasteiger partial charge on any atom is 0.338 e. The number of nitriles is 1. The first-order chi connectivity index (χ1) is 13.6. The average Bonchev–Trinajstić information content (AvgIpc) is 3.38. The van der Waals surface area contributed by atoms with E-state index >= 15 is 0 Å². The van der Waals surface area contributed by atoms with E-state index in [1.165, 1.54) is 17.4 Å². The number of carbonyl (C=O) groups is 2. The fraction of sp³-hybridized carbons (Fsp3) is 0.100. The van der Waals surface area contributed by atoms with Gasteiger partial charge in [-0.25, -0.2) is 9.78 Å². The number of hydrogen-bond donors (Lipinski definition) is 1. The van der Waals surface area contributed by atoms with Gasteiger partial charge in [-0.05, 0) is 31.2 Å². The molecule has 3 rings (SSSR count). The number of anilines is 1. The number of furan rings is 1. The Balaban J connectivity index is 1.75. The van der Waals surface area contributed by atoms with Crippen molar-refractivity contribution in [3.63, 3.8) is 0 Å². The van der Waals surface area contributed by atoms with Gasteiger partial charge in [-0.15, -0.1) is 11.3 Å². The SMILES string of the molecule is CCOC(=O)c1ccc(-c2ccc(/C=C(/C#N)C(=O)Nc3nccs3)o2)cc1. The molecule has 8 heteroatoms. The fourth-order valence-electron chi connectivity index (χ4n) is 2.31. The summed E-state index contributed by atoms with van der Waals surface area (Å²) in [5, 5.41) is 13.9. The minimum Gasteiger partial charge on any atom is -0.462 e. The van der Waals surface area contributed by atoms with Crippen LogP contribution in [0.4, 0.5) is 5.13 Å². The molecule has 0 aliphatic rings. The summed E-state index contributed by atoms with van der Waals surface area (Å²) >= 11 is 1.26. The second kappa shape index (κ2) is 8.79. The molecule has 1 N–H and O–H groups in total. The molecule has 0 fully saturated rings. The summed E-state index contributed by atoms with van der Waals surface area (Å²) in [4.78, 5) is 27.8. The monoisotopic (exact) mass is 393 g/mol. The van der Waals surface area contributed by atoms with Gasteiger partial charge in [0.05, 0.1) is 12.2 Å². The van der Waals surface area contributed by atoms with Crippen molar-refractivity contribution in [1.82, 2.24) is 4.98 Å². The van der Waals surface area contributed by atoms with E-state index in [2.05, 4.69) is 10.3 Å². The highest BCUT2D eigenvalue weighted by atomic mass is 32.1. The minimum absolute atomic E-state index is 0.103. The molecular formula is C20H15N3O4S. The number of benzene rings is 1. The molecule has 140 valence electrons. The van der Waals surface area contributed by atoms with Gasteiger partial charge in [-0.1, -0.05) is 12.1 Å². The van der Waals surface area contributed by atoms with Gasteiger partial charge in [0.1, 0.15) is 23.2 Å². The Morgan fingerprint density at radius 3 is 2.71 bits per heavy atom. The van der Waals surface area contributed by atoms with Crippen LogP contribution in [0, 0.1) is 11.3 Å². The van der Waals surface area contributed by atoms with Crippen molar-refractivity contribution >= 4 is 34.4 Å². The predicted molar refractivity (Wildman–Crippen MR) is 104 cm³/mol. The zero-order valence-electron chi connectivity index (χ0n) is 14.8. The van der Waals surface area contributed by atoms with E-state index in [4.69, 9.17) is 9.15 Å². The maximum absolute atomic E-state index is 12.2. The van der Waals surface area contributed by atoms with Gasteiger partial charge in [0.15, 0.2) is 5.13 Å². The molecule has 0 radical (unpaired) electrons. The number of esters is 1. The van der Waals surface area contributed by atoms with Crippen LogP contribution in [-0.2, 0) is 9.53 Å². The van der Waals surface area contributed by atoms with E-state index < -0.39 is 5.91 Å². The fourth-order valence-corrected chi connectivity index (χ4v) is 2.83. The Morgan fingerprint density at radius 1 is 1.29 bits per heavy atom. The Kier molecular flexibility index (Phi) is 5.99. The topological polar surface area (TPSA) is 105 Å². The van der Waals surface area contributed by atoms with Gasteiger partial charge < -0.3 is 9.15 Å². The highest BCUT2D eigenvalue weighted by Crippen LogP contribution is 2.24. The zero-order chi connectivity index (χ0) is 19.9. The lowest BCUT2D eigenvalue weighted by Crippen LogP contribution is -2.13. The molecule has 0 atom stereocenters. The van der Waals surface area contributed by atoms with Crippen molar-refractivity contribution in [1.29, 1.82) is 5.26 Å². The predicted octanol–water partition coefficient (Wildman–Crippen LogP) is 4.13. The lowest BCUT2D eigenvalue weighted by Gasteiger charge is -2.02. The third-order valence-electron chi connectivity index (χ3n) is 3.61. The van der Waals surface area contributed by atoms with Crippen LogP contribution < -0.4 is 5.32 Å². The summed E-state index contributed by atoms with van der Waals surface area (Å²) in [6.07, 6.45) is 2.92. The van der Waals surface area contributed by atoms with E-state index in [-0.39, 0.29) is 11.5 Å². The molecular weight excluding hydrogens is 378 g/mol. The summed E-state index contributed by atoms with van der Waals surface area (Å²) in [5.74, 6) is -0.0502. The maximum atomic E-state index is 12.2. The molecule has 0 bridgehead atoms. The van der Waals surface area contributed by atoms with Crippen molar-refractivity contribution in [3.05, 3.63) is 64.9 Å². The van der Waals surface area contributed by atoms with Gasteiger partial charge in [0, 0.05) is 23.2 Å². The molecule has 0 saturated heterocycles. The molecule has 0 aliphatic carbocycles. The van der Waals surface area contributed by atoms with Gasteiger partial charge in [0.25, 0.3) is 5.91 Å². The molecule has 3 aromatic rings. The van der Waals surface area contributed by atoms with Gasteiger partial charge in [-0.2, -0.15) is 5.26 Å². The lowest BCUT2D eigenvalue weighted by atomic mass is 10.1. The second-order valence-corrected chi connectivity index (χ2v) is 6.36. The van der Waals surface area contributed by atoms with Crippen molar-refractivity contribution in [2.45, 2.75) is 6.92 Å². The summed E-state index contributed by atoms with van der Waals surface area (Å²) in [6, 6.07) is 12.0. The van der Waals surface area contributed by atoms with Crippen LogP contribution in [0.1, 0.15) is 23.0 Å². The summed E-state index contributed by atoms with van der Waals surface area (Å²) < 4.78 is 10.6. The number of rotatable bonds is 6. The number of amides is 1. The van der Waals surface area contributed by atoms with Gasteiger partial charge in [0.2, 0.25) is 0 Å². The van der Waals surface area contributed by atoms with E-state index in [0.29, 0.717) is 28.8 Å². The van der Waals surface area contributed by atoms with Crippen LogP contribution in [-0.4, -0.2) is 23.5 Å². The molecule has 28 heavy (non-hydrogen) atoms. The van der Waals surface area contributed by atoms with Crippen LogP contribution in [0.15, 0.2) is 58.0 Å². The van der Waals surface area contributed by atoms with Crippen molar-refractivity contribution in [2.75, 3.05) is 11.9 Å². The standard InChI is InChI=1S/C20H15N3O4S/c1-2-26-19(25)14-5-3-13(4-6-14)17-8-7-16(27-17)11-15(12-21)18(24)23-20-22-9-10-28-20/h3-11H,2H2,1H3,(H,22,23,24)/b15-11-. The van der Waals surface area contributed by atoms with Crippen LogP contribution in [0.3, 0.4) is 0 Å². The largest absolute Gasteiger partial charge is 0.462 e. The molecule has 1 aromatic carbocycles. The molecule has 2 heterocycles. The minimum atomic E-state index is -0.561. The molecule has 2 aromatic heterocycles. The molecule has 0 aliphatic heterocycles. The summed E-state index contributed by atoms with van der Waals surface area (Å²) in [5.41, 5.74) is 1.09. The van der Waals surface area contributed by atoms with Crippen LogP contribution >= 0.6 is 11.3 Å². The van der Waals surface area contributed by atoms with Crippen molar-refractivity contribution < 1.29 is 18.7 Å². The number of carbonyl (C=O) groups excluding carboxylic acids is 2. The zero-order valence-corrected chi connectivity index (χ0v) is 15.7. The molecule has 1 amide bonds. The van der Waals surface area contributed by atoms with Gasteiger partial charge in [-0.3, -0.25) is 10.1 Å². The highest BCUT2D eigenvalue weighted by Gasteiger charge is 2.13. The average molecular weight is 393 g/mol. The smallest absolute Gasteiger partial charge is 0.338 e.